The van der Waals surface area contributed by atoms with Gasteiger partial charge in [-0.15, -0.1) is 0 Å². The van der Waals surface area contributed by atoms with Crippen molar-refractivity contribution in [1.29, 1.82) is 0 Å². The molecule has 0 fully saturated rings. The molecule has 2 N–H and O–H groups in total. The van der Waals surface area contributed by atoms with E-state index in [-0.39, 0.29) is 27.1 Å². The third-order valence-corrected chi connectivity index (χ3v) is 5.14. The topological polar surface area (TPSA) is 66.4 Å². The Kier molecular flexibility index (Phi) is 3.99. The molecule has 1 aliphatic heterocycles. The summed E-state index contributed by atoms with van der Waals surface area (Å²) in [5.74, 6) is -1.03. The number of carbonyl (C=O) groups excluding carboxylic acids is 2. The first-order valence-corrected chi connectivity index (χ1v) is 8.70. The number of fused-ring (bicyclic) bond motifs is 2. The summed E-state index contributed by atoms with van der Waals surface area (Å²) >= 11 is 12.1. The standard InChI is InChI=1S/C20H13Cl2NO3/c21-12-8-15-18(16(22)9-12)23-19(25)20(15,26)10-17(24)14-7-3-5-11-4-1-2-6-13(11)14/h1-9,26H,10H2,(H,23,25). The lowest BCUT2D eigenvalue weighted by Crippen LogP contribution is -2.36. The van der Waals surface area contributed by atoms with Crippen molar-refractivity contribution < 1.29 is 14.7 Å². The number of aliphatic hydroxyl groups is 1. The van der Waals surface area contributed by atoms with Crippen LogP contribution in [-0.4, -0.2) is 16.8 Å². The van der Waals surface area contributed by atoms with Crippen LogP contribution in [0.4, 0.5) is 5.69 Å². The SMILES string of the molecule is O=C(CC1(O)C(=O)Nc2c(Cl)cc(Cl)cc21)c1cccc2ccccc12. The molecule has 26 heavy (non-hydrogen) atoms. The van der Waals surface area contributed by atoms with Gasteiger partial charge in [-0.25, -0.2) is 0 Å². The van der Waals surface area contributed by atoms with E-state index in [2.05, 4.69) is 5.32 Å². The Morgan fingerprint density at radius 3 is 2.62 bits per heavy atom. The fourth-order valence-electron chi connectivity index (χ4n) is 3.34. The average Bonchev–Trinajstić information content (AvgIpc) is 2.86. The zero-order chi connectivity index (χ0) is 18.5. The summed E-state index contributed by atoms with van der Waals surface area (Å²) in [5.41, 5.74) is -1.06. The molecule has 0 radical (unpaired) electrons. The molecule has 0 saturated heterocycles. The summed E-state index contributed by atoms with van der Waals surface area (Å²) in [5, 5.41) is 15.7. The number of carbonyl (C=O) groups is 2. The van der Waals surface area contributed by atoms with Crippen LogP contribution in [0.2, 0.25) is 10.0 Å². The lowest BCUT2D eigenvalue weighted by Gasteiger charge is -2.20. The van der Waals surface area contributed by atoms with Crippen molar-refractivity contribution in [3.05, 3.63) is 75.8 Å². The van der Waals surface area contributed by atoms with Crippen molar-refractivity contribution in [2.45, 2.75) is 12.0 Å². The number of halogens is 2. The van der Waals surface area contributed by atoms with Crippen molar-refractivity contribution in [3.8, 4) is 0 Å². The summed E-state index contributed by atoms with van der Waals surface area (Å²) in [6.07, 6.45) is -0.406. The van der Waals surface area contributed by atoms with Gasteiger partial charge in [-0.05, 0) is 22.9 Å². The van der Waals surface area contributed by atoms with E-state index in [1.807, 2.05) is 30.3 Å². The number of ketones is 1. The first-order valence-electron chi connectivity index (χ1n) is 7.94. The van der Waals surface area contributed by atoms with Gasteiger partial charge in [-0.1, -0.05) is 65.7 Å². The van der Waals surface area contributed by atoms with Crippen molar-refractivity contribution in [1.82, 2.24) is 0 Å². The number of hydrogen-bond donors (Lipinski definition) is 2. The highest BCUT2D eigenvalue weighted by atomic mass is 35.5. The van der Waals surface area contributed by atoms with Gasteiger partial charge in [-0.3, -0.25) is 9.59 Å². The highest BCUT2D eigenvalue weighted by Crippen LogP contribution is 2.44. The lowest BCUT2D eigenvalue weighted by atomic mass is 9.87. The predicted octanol–water partition coefficient (Wildman–Crippen LogP) is 4.56. The van der Waals surface area contributed by atoms with Crippen LogP contribution in [0, 0.1) is 0 Å². The minimum absolute atomic E-state index is 0.216. The van der Waals surface area contributed by atoms with Crippen LogP contribution in [0.5, 0.6) is 0 Å². The summed E-state index contributed by atoms with van der Waals surface area (Å²) in [6.45, 7) is 0. The average molecular weight is 386 g/mol. The Bertz CT molecular complexity index is 1070. The van der Waals surface area contributed by atoms with Crippen molar-refractivity contribution in [3.63, 3.8) is 0 Å². The van der Waals surface area contributed by atoms with Gasteiger partial charge in [0.05, 0.1) is 17.1 Å². The van der Waals surface area contributed by atoms with Crippen molar-refractivity contribution in [2.75, 3.05) is 5.32 Å². The van der Waals surface area contributed by atoms with E-state index in [9.17, 15) is 14.7 Å². The minimum atomic E-state index is -2.02. The fraction of sp³-hybridized carbons (Fsp3) is 0.100. The first-order chi connectivity index (χ1) is 12.4. The van der Waals surface area contributed by atoms with Gasteiger partial charge in [0.2, 0.25) is 0 Å². The normalized spacial score (nSPS) is 18.7. The largest absolute Gasteiger partial charge is 0.375 e. The van der Waals surface area contributed by atoms with E-state index >= 15 is 0 Å². The molecule has 1 aliphatic rings. The summed E-state index contributed by atoms with van der Waals surface area (Å²) in [6, 6.07) is 15.7. The highest BCUT2D eigenvalue weighted by molar-refractivity contribution is 6.37. The number of nitrogens with one attached hydrogen (secondary N) is 1. The second-order valence-electron chi connectivity index (χ2n) is 6.25. The van der Waals surface area contributed by atoms with Crippen LogP contribution in [0.25, 0.3) is 10.8 Å². The van der Waals surface area contributed by atoms with Crippen molar-refractivity contribution in [2.24, 2.45) is 0 Å². The second kappa shape index (κ2) is 6.09. The van der Waals surface area contributed by atoms with Crippen LogP contribution < -0.4 is 5.32 Å². The number of Topliss-reactive ketones (excluding diaryl/α,β-unsaturated/α-hetero) is 1. The van der Waals surface area contributed by atoms with E-state index in [1.165, 1.54) is 12.1 Å². The molecular formula is C20H13Cl2NO3. The molecule has 0 spiro atoms. The molecule has 0 aromatic heterocycles. The molecule has 3 aromatic carbocycles. The molecule has 0 saturated carbocycles. The number of amides is 1. The quantitative estimate of drug-likeness (QED) is 0.649. The maximum absolute atomic E-state index is 12.9. The van der Waals surface area contributed by atoms with Crippen LogP contribution in [-0.2, 0) is 10.4 Å². The van der Waals surface area contributed by atoms with Gasteiger partial charge in [0.25, 0.3) is 5.91 Å². The Balaban J connectivity index is 1.78. The first kappa shape index (κ1) is 17.0. The van der Waals surface area contributed by atoms with Gasteiger partial charge in [0.15, 0.2) is 11.4 Å². The molecule has 4 nitrogen and oxygen atoms in total. The van der Waals surface area contributed by atoms with E-state index in [4.69, 9.17) is 23.2 Å². The number of hydrogen-bond acceptors (Lipinski definition) is 3. The number of anilines is 1. The van der Waals surface area contributed by atoms with E-state index in [0.29, 0.717) is 5.56 Å². The molecular weight excluding hydrogens is 373 g/mol. The molecule has 1 amide bonds. The van der Waals surface area contributed by atoms with E-state index in [1.54, 1.807) is 12.1 Å². The van der Waals surface area contributed by atoms with Gasteiger partial charge < -0.3 is 10.4 Å². The molecule has 0 aliphatic carbocycles. The molecule has 3 aromatic rings. The summed E-state index contributed by atoms with van der Waals surface area (Å²) in [4.78, 5) is 25.4. The van der Waals surface area contributed by atoms with Crippen LogP contribution in [0.3, 0.4) is 0 Å². The molecule has 0 bridgehead atoms. The summed E-state index contributed by atoms with van der Waals surface area (Å²) in [7, 11) is 0. The fourth-order valence-corrected chi connectivity index (χ4v) is 3.88. The van der Waals surface area contributed by atoms with Gasteiger partial charge in [-0.2, -0.15) is 0 Å². The second-order valence-corrected chi connectivity index (χ2v) is 7.09. The third kappa shape index (κ3) is 2.58. The smallest absolute Gasteiger partial charge is 0.261 e. The molecule has 130 valence electrons. The van der Waals surface area contributed by atoms with Gasteiger partial charge in [0, 0.05) is 16.1 Å². The Labute approximate surface area is 159 Å². The number of rotatable bonds is 3. The maximum Gasteiger partial charge on any atom is 0.261 e. The monoisotopic (exact) mass is 385 g/mol. The van der Waals surface area contributed by atoms with Crippen LogP contribution in [0.15, 0.2) is 54.6 Å². The Hall–Kier alpha value is -2.40. The lowest BCUT2D eigenvalue weighted by molar-refractivity contribution is -0.133. The highest BCUT2D eigenvalue weighted by Gasteiger charge is 2.48. The van der Waals surface area contributed by atoms with Crippen molar-refractivity contribution >= 4 is 51.4 Å². The third-order valence-electron chi connectivity index (χ3n) is 4.62. The van der Waals surface area contributed by atoms with Gasteiger partial charge in [0.1, 0.15) is 0 Å². The zero-order valence-corrected chi connectivity index (χ0v) is 14.9. The predicted molar refractivity (Wildman–Crippen MR) is 102 cm³/mol. The van der Waals surface area contributed by atoms with Crippen LogP contribution in [0.1, 0.15) is 22.3 Å². The van der Waals surface area contributed by atoms with E-state index in [0.717, 1.165) is 10.8 Å². The minimum Gasteiger partial charge on any atom is -0.375 e. The van der Waals surface area contributed by atoms with Crippen LogP contribution >= 0.6 is 23.2 Å². The van der Waals surface area contributed by atoms with Gasteiger partial charge >= 0.3 is 0 Å². The molecule has 1 heterocycles. The number of benzene rings is 3. The molecule has 1 unspecified atom stereocenters. The van der Waals surface area contributed by atoms with E-state index < -0.39 is 17.9 Å². The maximum atomic E-state index is 12.9. The molecule has 1 atom stereocenters. The summed E-state index contributed by atoms with van der Waals surface area (Å²) < 4.78 is 0. The Morgan fingerprint density at radius 1 is 1.08 bits per heavy atom. The Morgan fingerprint density at radius 2 is 1.81 bits per heavy atom. The molecule has 4 rings (SSSR count). The molecule has 6 heteroatoms. The zero-order valence-electron chi connectivity index (χ0n) is 13.4.